The van der Waals surface area contributed by atoms with Crippen LogP contribution in [0.4, 0.5) is 0 Å². The number of aliphatic hydroxyl groups excluding tert-OH is 11. The second kappa shape index (κ2) is 54.9. The Hall–Kier alpha value is -3.03. The summed E-state index contributed by atoms with van der Waals surface area (Å²) in [4.78, 5) is 13.4. The molecular formula is C74H129NO18. The summed E-state index contributed by atoms with van der Waals surface area (Å²) in [7, 11) is 0. The van der Waals surface area contributed by atoms with E-state index in [9.17, 15) is 61.0 Å². The number of aliphatic hydroxyl groups is 11. The molecular weight excluding hydrogens is 1190 g/mol. The van der Waals surface area contributed by atoms with Gasteiger partial charge >= 0.3 is 0 Å². The summed E-state index contributed by atoms with van der Waals surface area (Å²) in [6.45, 7) is 1.67. The number of carbonyl (C=O) groups is 1. The quantitative estimate of drug-likeness (QED) is 0.0199. The van der Waals surface area contributed by atoms with Crippen LogP contribution in [-0.4, -0.2) is 193 Å². The van der Waals surface area contributed by atoms with E-state index in [1.807, 2.05) is 0 Å². The summed E-state index contributed by atoms with van der Waals surface area (Å²) < 4.78 is 34.4. The number of allylic oxidation sites excluding steroid dienone is 14. The minimum absolute atomic E-state index is 0.222. The van der Waals surface area contributed by atoms with Crippen molar-refractivity contribution in [3.63, 3.8) is 0 Å². The third kappa shape index (κ3) is 36.4. The third-order valence-corrected chi connectivity index (χ3v) is 17.7. The van der Waals surface area contributed by atoms with Crippen LogP contribution in [0.2, 0.25) is 0 Å². The largest absolute Gasteiger partial charge is 0.394 e. The lowest BCUT2D eigenvalue weighted by atomic mass is 9.96. The van der Waals surface area contributed by atoms with Crippen molar-refractivity contribution >= 4 is 5.91 Å². The van der Waals surface area contributed by atoms with Crippen molar-refractivity contribution in [1.29, 1.82) is 0 Å². The summed E-state index contributed by atoms with van der Waals surface area (Å²) in [6, 6.07) is -0.913. The SMILES string of the molecule is CC/C=C\C/C=C\C/C=C\C/C=C\C/C=C\C/C=C\C/C=C\CCCCCC(=O)NC(COC1OC(CO)C(OC2OC(CO)C(OC3OC(CO)C(O)C(O)C3O)C(O)C2O)C(O)C1O)C(O)CCCCCCCCCCCCCCCCCCCCCCCCC. The normalized spacial score (nSPS) is 28.0. The van der Waals surface area contributed by atoms with E-state index in [1.165, 1.54) is 122 Å². The molecule has 0 aromatic heterocycles. The molecule has 12 N–H and O–H groups in total. The van der Waals surface area contributed by atoms with Gasteiger partial charge in [0.05, 0.1) is 38.6 Å². The first-order chi connectivity index (χ1) is 45.3. The number of hydrogen-bond donors (Lipinski definition) is 12. The molecule has 3 saturated heterocycles. The number of hydrogen-bond acceptors (Lipinski definition) is 18. The predicted molar refractivity (Wildman–Crippen MR) is 364 cm³/mol. The summed E-state index contributed by atoms with van der Waals surface area (Å²) in [6.07, 6.45) is 43.7. The standard InChI is InChI=1S/C74H129NO18/c1-3-5-7-9-11-13-15-17-19-21-23-25-27-28-30-32-34-36-38-40-42-44-46-48-50-52-62(80)75-57(58(79)51-49-47-45-43-41-39-37-35-33-31-29-26-24-22-20-18-16-14-12-10-8-6-4-2)56-88-72-68(86)65(83)70(60(54-77)90-72)93-74-69(87)66(84)71(61(55-78)91-74)92-73-67(85)64(82)63(81)59(53-76)89-73/h5,7,11,13,17,19,23,25,28,30,34,36,40,42,57-61,63-74,76-79,81-87H,3-4,6,8-10,12,14-16,18,20-22,24,26-27,29,31-33,35,37-39,41,43-56H2,1-2H3,(H,75,80)/b7-5-,13-11-,19-17-,25-23-,30-28-,36-34-,42-40-. The van der Waals surface area contributed by atoms with Crippen molar-refractivity contribution in [1.82, 2.24) is 5.32 Å². The molecule has 19 heteroatoms. The van der Waals surface area contributed by atoms with E-state index < -0.39 is 124 Å². The Morgan fingerprint density at radius 2 is 0.742 bits per heavy atom. The van der Waals surface area contributed by atoms with Crippen LogP contribution in [0, 0.1) is 0 Å². The molecule has 0 aromatic carbocycles. The molecule has 0 spiro atoms. The smallest absolute Gasteiger partial charge is 0.220 e. The van der Waals surface area contributed by atoms with Gasteiger partial charge in [-0.25, -0.2) is 0 Å². The summed E-state index contributed by atoms with van der Waals surface area (Å²) in [5, 5.41) is 121. The summed E-state index contributed by atoms with van der Waals surface area (Å²) in [5.74, 6) is -0.276. The van der Waals surface area contributed by atoms with E-state index in [1.54, 1.807) is 0 Å². The molecule has 17 atom stereocenters. The van der Waals surface area contributed by atoms with Crippen LogP contribution in [0.5, 0.6) is 0 Å². The van der Waals surface area contributed by atoms with Gasteiger partial charge in [-0.2, -0.15) is 0 Å². The molecule has 3 aliphatic rings. The second-order valence-corrected chi connectivity index (χ2v) is 25.7. The highest BCUT2D eigenvalue weighted by Crippen LogP contribution is 2.33. The number of amides is 1. The topological polar surface area (TPSA) is 307 Å². The summed E-state index contributed by atoms with van der Waals surface area (Å²) >= 11 is 0. The third-order valence-electron chi connectivity index (χ3n) is 17.7. The van der Waals surface area contributed by atoms with Crippen molar-refractivity contribution in [3.05, 3.63) is 85.1 Å². The van der Waals surface area contributed by atoms with Gasteiger partial charge < -0.3 is 89.9 Å². The number of carbonyl (C=O) groups excluding carboxylic acids is 1. The van der Waals surface area contributed by atoms with Crippen LogP contribution >= 0.6 is 0 Å². The zero-order valence-electron chi connectivity index (χ0n) is 57.0. The first-order valence-corrected chi connectivity index (χ1v) is 36.3. The lowest BCUT2D eigenvalue weighted by Crippen LogP contribution is -2.66. The molecule has 0 aromatic rings. The minimum atomic E-state index is -1.98. The lowest BCUT2D eigenvalue weighted by molar-refractivity contribution is -0.379. The van der Waals surface area contributed by atoms with Crippen molar-refractivity contribution in [2.75, 3.05) is 26.4 Å². The Kier molecular flexibility index (Phi) is 49.7. The second-order valence-electron chi connectivity index (χ2n) is 25.7. The van der Waals surface area contributed by atoms with Crippen LogP contribution in [-0.2, 0) is 33.2 Å². The van der Waals surface area contributed by atoms with E-state index in [4.69, 9.17) is 28.4 Å². The van der Waals surface area contributed by atoms with Crippen molar-refractivity contribution in [2.45, 2.75) is 349 Å². The average molecular weight is 1320 g/mol. The number of nitrogens with one attached hydrogen (secondary N) is 1. The highest BCUT2D eigenvalue weighted by molar-refractivity contribution is 5.76. The predicted octanol–water partition coefficient (Wildman–Crippen LogP) is 10.3. The van der Waals surface area contributed by atoms with E-state index in [0.717, 1.165) is 83.5 Å². The Morgan fingerprint density at radius 3 is 1.15 bits per heavy atom. The molecule has 0 saturated carbocycles. The highest BCUT2D eigenvalue weighted by atomic mass is 16.8. The maximum absolute atomic E-state index is 13.4. The molecule has 538 valence electrons. The van der Waals surface area contributed by atoms with Gasteiger partial charge in [0.1, 0.15) is 73.2 Å². The monoisotopic (exact) mass is 1320 g/mol. The van der Waals surface area contributed by atoms with Crippen LogP contribution in [0.15, 0.2) is 85.1 Å². The molecule has 93 heavy (non-hydrogen) atoms. The first-order valence-electron chi connectivity index (χ1n) is 36.3. The fraction of sp³-hybridized carbons (Fsp3) is 0.797. The fourth-order valence-electron chi connectivity index (χ4n) is 11.9. The molecule has 17 unspecified atom stereocenters. The van der Waals surface area contributed by atoms with E-state index in [-0.39, 0.29) is 18.9 Å². The Labute approximate surface area is 559 Å². The Bertz CT molecular complexity index is 2010. The van der Waals surface area contributed by atoms with Gasteiger partial charge in [-0.05, 0) is 70.6 Å². The van der Waals surface area contributed by atoms with Crippen LogP contribution in [0.1, 0.15) is 245 Å². The number of unbranched alkanes of at least 4 members (excludes halogenated alkanes) is 25. The molecule has 3 aliphatic heterocycles. The van der Waals surface area contributed by atoms with E-state index in [2.05, 4.69) is 104 Å². The van der Waals surface area contributed by atoms with Gasteiger partial charge in [-0.15, -0.1) is 0 Å². The van der Waals surface area contributed by atoms with Crippen molar-refractivity contribution in [3.8, 4) is 0 Å². The number of rotatable bonds is 55. The zero-order valence-corrected chi connectivity index (χ0v) is 57.0. The zero-order chi connectivity index (χ0) is 67.5. The number of ether oxygens (including phenoxy) is 6. The molecule has 3 heterocycles. The first kappa shape index (κ1) is 84.2. The van der Waals surface area contributed by atoms with E-state index >= 15 is 0 Å². The van der Waals surface area contributed by atoms with Gasteiger partial charge in [0.15, 0.2) is 18.9 Å². The Balaban J connectivity index is 1.44. The highest BCUT2D eigenvalue weighted by Gasteiger charge is 2.53. The summed E-state index contributed by atoms with van der Waals surface area (Å²) in [5.41, 5.74) is 0. The van der Waals surface area contributed by atoms with Gasteiger partial charge in [0.25, 0.3) is 0 Å². The Morgan fingerprint density at radius 1 is 0.398 bits per heavy atom. The molecule has 3 rings (SSSR count). The van der Waals surface area contributed by atoms with Crippen LogP contribution in [0.25, 0.3) is 0 Å². The minimum Gasteiger partial charge on any atom is -0.394 e. The van der Waals surface area contributed by atoms with Gasteiger partial charge in [0.2, 0.25) is 5.91 Å². The molecule has 19 nitrogen and oxygen atoms in total. The van der Waals surface area contributed by atoms with Gasteiger partial charge in [0, 0.05) is 6.42 Å². The molecule has 1 amide bonds. The maximum atomic E-state index is 13.4. The molecule has 0 aliphatic carbocycles. The average Bonchev–Trinajstić information content (AvgIpc) is 0.819. The lowest BCUT2D eigenvalue weighted by Gasteiger charge is -2.48. The molecule has 0 radical (unpaired) electrons. The maximum Gasteiger partial charge on any atom is 0.220 e. The van der Waals surface area contributed by atoms with Gasteiger partial charge in [-0.3, -0.25) is 4.79 Å². The van der Waals surface area contributed by atoms with E-state index in [0.29, 0.717) is 19.3 Å². The molecule has 3 fully saturated rings. The van der Waals surface area contributed by atoms with Crippen LogP contribution < -0.4 is 5.32 Å². The van der Waals surface area contributed by atoms with Crippen molar-refractivity contribution in [2.24, 2.45) is 0 Å². The fourth-order valence-corrected chi connectivity index (χ4v) is 11.9. The van der Waals surface area contributed by atoms with Crippen LogP contribution in [0.3, 0.4) is 0 Å². The molecule has 0 bridgehead atoms. The van der Waals surface area contributed by atoms with Crippen molar-refractivity contribution < 1.29 is 89.4 Å². The van der Waals surface area contributed by atoms with Gasteiger partial charge in [-0.1, -0.05) is 253 Å².